The molecule has 0 unspecified atom stereocenters. The molecule has 1 atom stereocenters. The molecule has 1 aliphatic rings. The number of rotatable bonds is 6. The Balaban J connectivity index is 1.69. The van der Waals surface area contributed by atoms with Crippen molar-refractivity contribution in [3.63, 3.8) is 0 Å². The maximum absolute atomic E-state index is 11.9. The normalized spacial score (nSPS) is 18.4. The van der Waals surface area contributed by atoms with Gasteiger partial charge in [0.1, 0.15) is 0 Å². The highest BCUT2D eigenvalue weighted by Gasteiger charge is 2.21. The number of amides is 1. The van der Waals surface area contributed by atoms with Gasteiger partial charge in [0.25, 0.3) is 0 Å². The number of aromatic nitrogens is 1. The number of pyridine rings is 1. The van der Waals surface area contributed by atoms with Crippen LogP contribution in [0.25, 0.3) is 0 Å². The van der Waals surface area contributed by atoms with Crippen LogP contribution in [0, 0.1) is 0 Å². The molecule has 0 bridgehead atoms. The van der Waals surface area contributed by atoms with Gasteiger partial charge >= 0.3 is 0 Å². The SMILES string of the molecule is CS[C@H](C)CC(=O)NC1CCN(Cc2ccccn2)CC1. The van der Waals surface area contributed by atoms with E-state index in [1.807, 2.05) is 24.6 Å². The lowest BCUT2D eigenvalue weighted by atomic mass is 10.0. The van der Waals surface area contributed by atoms with E-state index in [-0.39, 0.29) is 5.91 Å². The average Bonchev–Trinajstić information content (AvgIpc) is 2.50. The summed E-state index contributed by atoms with van der Waals surface area (Å²) in [4.78, 5) is 18.7. The molecule has 0 radical (unpaired) electrons. The second-order valence-corrected chi connectivity index (χ2v) is 6.97. The number of hydrogen-bond donors (Lipinski definition) is 1. The Morgan fingerprint density at radius 1 is 1.48 bits per heavy atom. The molecule has 5 heteroatoms. The summed E-state index contributed by atoms with van der Waals surface area (Å²) in [6.07, 6.45) is 6.58. The molecule has 0 aliphatic carbocycles. The zero-order valence-corrected chi connectivity index (χ0v) is 13.7. The molecular weight excluding hydrogens is 282 g/mol. The van der Waals surface area contributed by atoms with Crippen LogP contribution in [0.1, 0.15) is 31.9 Å². The van der Waals surface area contributed by atoms with Crippen molar-refractivity contribution in [2.24, 2.45) is 0 Å². The minimum atomic E-state index is 0.194. The van der Waals surface area contributed by atoms with Gasteiger partial charge in [-0.1, -0.05) is 13.0 Å². The first kappa shape index (κ1) is 16.3. The first-order valence-corrected chi connectivity index (χ1v) is 8.90. The van der Waals surface area contributed by atoms with Crippen LogP contribution in [-0.4, -0.2) is 46.4 Å². The molecule has 1 aliphatic heterocycles. The molecule has 2 rings (SSSR count). The molecule has 1 fully saturated rings. The van der Waals surface area contributed by atoms with Crippen molar-refractivity contribution in [3.8, 4) is 0 Å². The largest absolute Gasteiger partial charge is 0.353 e. The molecule has 1 aromatic heterocycles. The highest BCUT2D eigenvalue weighted by atomic mass is 32.2. The quantitative estimate of drug-likeness (QED) is 0.876. The van der Waals surface area contributed by atoms with Gasteiger partial charge in [-0.3, -0.25) is 14.7 Å². The third-order valence-corrected chi connectivity index (χ3v) is 4.91. The number of carbonyl (C=O) groups is 1. The third kappa shape index (κ3) is 5.67. The van der Waals surface area contributed by atoms with Crippen LogP contribution in [-0.2, 0) is 11.3 Å². The fraction of sp³-hybridized carbons (Fsp3) is 0.625. The molecule has 116 valence electrons. The molecule has 1 aromatic rings. The lowest BCUT2D eigenvalue weighted by molar-refractivity contribution is -0.122. The number of likely N-dealkylation sites (tertiary alicyclic amines) is 1. The van der Waals surface area contributed by atoms with Gasteiger partial charge in [-0.05, 0) is 31.2 Å². The molecule has 1 saturated heterocycles. The standard InChI is InChI=1S/C16H25N3OS/c1-13(21-2)11-16(20)18-14-6-9-19(10-7-14)12-15-5-3-4-8-17-15/h3-5,8,13-14H,6-7,9-12H2,1-2H3,(H,18,20)/t13-/m1/s1. The van der Waals surface area contributed by atoms with Crippen molar-refractivity contribution in [1.82, 2.24) is 15.2 Å². The summed E-state index contributed by atoms with van der Waals surface area (Å²) in [5.41, 5.74) is 1.12. The van der Waals surface area contributed by atoms with Crippen LogP contribution >= 0.6 is 11.8 Å². The van der Waals surface area contributed by atoms with Gasteiger partial charge in [0.2, 0.25) is 5.91 Å². The zero-order valence-electron chi connectivity index (χ0n) is 12.9. The molecule has 0 spiro atoms. The summed E-state index contributed by atoms with van der Waals surface area (Å²) in [7, 11) is 0. The van der Waals surface area contributed by atoms with Gasteiger partial charge in [0.05, 0.1) is 5.69 Å². The van der Waals surface area contributed by atoms with Crippen molar-refractivity contribution in [3.05, 3.63) is 30.1 Å². The van der Waals surface area contributed by atoms with Gasteiger partial charge in [0.15, 0.2) is 0 Å². The maximum Gasteiger partial charge on any atom is 0.221 e. The summed E-state index contributed by atoms with van der Waals surface area (Å²) in [6.45, 7) is 5.06. The Morgan fingerprint density at radius 3 is 2.86 bits per heavy atom. The summed E-state index contributed by atoms with van der Waals surface area (Å²) in [6, 6.07) is 6.38. The van der Waals surface area contributed by atoms with Gasteiger partial charge < -0.3 is 5.32 Å². The summed E-state index contributed by atoms with van der Waals surface area (Å²) < 4.78 is 0. The fourth-order valence-electron chi connectivity index (χ4n) is 2.59. The van der Waals surface area contributed by atoms with Gasteiger partial charge in [-0.25, -0.2) is 0 Å². The minimum Gasteiger partial charge on any atom is -0.353 e. The molecule has 2 heterocycles. The Bertz CT molecular complexity index is 432. The van der Waals surface area contributed by atoms with Gasteiger partial charge in [-0.15, -0.1) is 0 Å². The van der Waals surface area contributed by atoms with Crippen LogP contribution in [0.5, 0.6) is 0 Å². The zero-order chi connectivity index (χ0) is 15.1. The molecule has 1 amide bonds. The van der Waals surface area contributed by atoms with Crippen molar-refractivity contribution in [2.45, 2.75) is 44.0 Å². The van der Waals surface area contributed by atoms with Crippen molar-refractivity contribution < 1.29 is 4.79 Å². The monoisotopic (exact) mass is 307 g/mol. The minimum absolute atomic E-state index is 0.194. The van der Waals surface area contributed by atoms with E-state index in [1.54, 1.807) is 11.8 Å². The Kier molecular flexibility index (Phi) is 6.51. The second kappa shape index (κ2) is 8.39. The van der Waals surface area contributed by atoms with E-state index in [9.17, 15) is 4.79 Å². The van der Waals surface area contributed by atoms with E-state index in [4.69, 9.17) is 0 Å². The van der Waals surface area contributed by atoms with Crippen LogP contribution in [0.3, 0.4) is 0 Å². The smallest absolute Gasteiger partial charge is 0.221 e. The highest BCUT2D eigenvalue weighted by molar-refractivity contribution is 7.99. The fourth-order valence-corrected chi connectivity index (χ4v) is 2.91. The summed E-state index contributed by atoms with van der Waals surface area (Å²) in [5.74, 6) is 0.194. The molecule has 4 nitrogen and oxygen atoms in total. The Labute approximate surface area is 131 Å². The van der Waals surface area contributed by atoms with E-state index in [2.05, 4.69) is 28.2 Å². The lowest BCUT2D eigenvalue weighted by Gasteiger charge is -2.32. The van der Waals surface area contributed by atoms with Crippen molar-refractivity contribution in [1.29, 1.82) is 0 Å². The second-order valence-electron chi connectivity index (χ2n) is 5.69. The van der Waals surface area contributed by atoms with Crippen LogP contribution in [0.15, 0.2) is 24.4 Å². The summed E-state index contributed by atoms with van der Waals surface area (Å²) >= 11 is 1.74. The third-order valence-electron chi connectivity index (χ3n) is 3.94. The number of nitrogens with one attached hydrogen (secondary N) is 1. The number of nitrogens with zero attached hydrogens (tertiary/aromatic N) is 2. The molecule has 0 saturated carbocycles. The van der Waals surface area contributed by atoms with Gasteiger partial charge in [0, 0.05) is 43.5 Å². The van der Waals surface area contributed by atoms with Crippen molar-refractivity contribution in [2.75, 3.05) is 19.3 Å². The molecule has 0 aromatic carbocycles. The topological polar surface area (TPSA) is 45.2 Å². The van der Waals surface area contributed by atoms with Crippen LogP contribution in [0.4, 0.5) is 0 Å². The first-order chi connectivity index (χ1) is 10.2. The predicted molar refractivity (Wildman–Crippen MR) is 88.3 cm³/mol. The molecular formula is C16H25N3OS. The van der Waals surface area contributed by atoms with E-state index < -0.39 is 0 Å². The first-order valence-electron chi connectivity index (χ1n) is 7.62. The number of carbonyl (C=O) groups excluding carboxylic acids is 1. The average molecular weight is 307 g/mol. The number of piperidine rings is 1. The Morgan fingerprint density at radius 2 is 2.24 bits per heavy atom. The van der Waals surface area contributed by atoms with Gasteiger partial charge in [-0.2, -0.15) is 11.8 Å². The number of thioether (sulfide) groups is 1. The van der Waals surface area contributed by atoms with Crippen molar-refractivity contribution >= 4 is 17.7 Å². The highest BCUT2D eigenvalue weighted by Crippen LogP contribution is 2.14. The molecule has 21 heavy (non-hydrogen) atoms. The van der Waals surface area contributed by atoms with E-state index in [1.165, 1.54) is 0 Å². The maximum atomic E-state index is 11.9. The molecule has 1 N–H and O–H groups in total. The lowest BCUT2D eigenvalue weighted by Crippen LogP contribution is -2.44. The van der Waals surface area contributed by atoms with E-state index in [0.29, 0.717) is 17.7 Å². The van der Waals surface area contributed by atoms with E-state index in [0.717, 1.165) is 38.2 Å². The summed E-state index contributed by atoms with van der Waals surface area (Å²) in [5, 5.41) is 3.57. The number of hydrogen-bond acceptors (Lipinski definition) is 4. The van der Waals surface area contributed by atoms with Crippen LogP contribution in [0.2, 0.25) is 0 Å². The predicted octanol–water partition coefficient (Wildman–Crippen LogP) is 2.30. The van der Waals surface area contributed by atoms with E-state index >= 15 is 0 Å². The Hall–Kier alpha value is -1.07. The van der Waals surface area contributed by atoms with Crippen LogP contribution < -0.4 is 5.32 Å².